The Hall–Kier alpha value is -3.52. The Morgan fingerprint density at radius 1 is 1.24 bits per heavy atom. The molecule has 2 aromatic heterocycles. The Labute approximate surface area is 202 Å². The van der Waals surface area contributed by atoms with Crippen molar-refractivity contribution in [3.8, 4) is 5.75 Å². The first-order valence-corrected chi connectivity index (χ1v) is 12.3. The van der Waals surface area contributed by atoms with Crippen LogP contribution < -0.4 is 15.0 Å². The van der Waals surface area contributed by atoms with Gasteiger partial charge in [-0.3, -0.25) is 0 Å². The van der Waals surface area contributed by atoms with Gasteiger partial charge >= 0.3 is 0 Å². The molecule has 0 amide bonds. The molecule has 1 saturated heterocycles. The highest BCUT2D eigenvalue weighted by Gasteiger charge is 2.23. The molecule has 8 heteroatoms. The highest BCUT2D eigenvalue weighted by molar-refractivity contribution is 7.17. The number of thiophene rings is 1. The van der Waals surface area contributed by atoms with Crippen LogP contribution in [0.2, 0.25) is 0 Å². The number of methoxy groups -OCH3 is 1. The lowest BCUT2D eigenvalue weighted by atomic mass is 9.98. The van der Waals surface area contributed by atoms with E-state index >= 15 is 0 Å². The third-order valence-corrected chi connectivity index (χ3v) is 7.51. The summed E-state index contributed by atoms with van der Waals surface area (Å²) in [7, 11) is 1.68. The molecule has 4 aromatic rings. The highest BCUT2D eigenvalue weighted by Crippen LogP contribution is 2.34. The Morgan fingerprint density at radius 3 is 2.82 bits per heavy atom. The lowest BCUT2D eigenvalue weighted by molar-refractivity contribution is 0.415. The molecular weight excluding hydrogens is 444 g/mol. The molecule has 1 aliphatic heterocycles. The Kier molecular flexibility index (Phi) is 6.15. The van der Waals surface area contributed by atoms with E-state index in [1.165, 1.54) is 17.2 Å². The monoisotopic (exact) mass is 472 g/mol. The van der Waals surface area contributed by atoms with Crippen molar-refractivity contribution in [1.82, 2.24) is 9.97 Å². The van der Waals surface area contributed by atoms with Gasteiger partial charge in [-0.25, -0.2) is 9.97 Å². The standard InChI is InChI=1S/C26H28N6OS/c1-16-14-34-26-24(16)25(29-15-30-26)32-9-6-19(7-10-32)31-23-12-18(22(28)5-8-27)11-17-3-4-20(33-2)13-21(17)23/h3-4,8,11-15,19,27-28,31H,5-7,9-10H2,1-2H3. The number of hydrogen-bond donors (Lipinski definition) is 3. The molecule has 3 heterocycles. The lowest BCUT2D eigenvalue weighted by Crippen LogP contribution is -2.39. The summed E-state index contributed by atoms with van der Waals surface area (Å²) < 4.78 is 5.47. The van der Waals surface area contributed by atoms with Crippen molar-refractivity contribution in [1.29, 1.82) is 10.8 Å². The third-order valence-electron chi connectivity index (χ3n) is 6.50. The zero-order valence-electron chi connectivity index (χ0n) is 19.4. The molecule has 0 saturated carbocycles. The summed E-state index contributed by atoms with van der Waals surface area (Å²) in [5, 5.41) is 25.0. The summed E-state index contributed by atoms with van der Waals surface area (Å²) in [6.45, 7) is 3.97. The Bertz CT molecular complexity index is 1370. The normalized spacial score (nSPS) is 14.5. The molecule has 0 spiro atoms. The molecule has 34 heavy (non-hydrogen) atoms. The maximum absolute atomic E-state index is 8.37. The van der Waals surface area contributed by atoms with E-state index in [9.17, 15) is 0 Å². The molecule has 0 radical (unpaired) electrons. The molecular formula is C26H28N6OS. The number of aryl methyl sites for hydroxylation is 1. The fourth-order valence-electron chi connectivity index (χ4n) is 4.67. The molecule has 5 rings (SSSR count). The van der Waals surface area contributed by atoms with E-state index < -0.39 is 0 Å². The zero-order chi connectivity index (χ0) is 23.7. The minimum atomic E-state index is 0.318. The van der Waals surface area contributed by atoms with E-state index in [1.807, 2.05) is 30.3 Å². The molecule has 7 nitrogen and oxygen atoms in total. The van der Waals surface area contributed by atoms with Gasteiger partial charge in [-0.05, 0) is 65.9 Å². The number of ether oxygens (including phenoxy) is 1. The van der Waals surface area contributed by atoms with Gasteiger partial charge in [0, 0.05) is 48.6 Å². The summed E-state index contributed by atoms with van der Waals surface area (Å²) in [6.07, 6.45) is 5.26. The number of hydrogen-bond acceptors (Lipinski definition) is 8. The second-order valence-electron chi connectivity index (χ2n) is 8.70. The van der Waals surface area contributed by atoms with Crippen molar-refractivity contribution in [2.75, 3.05) is 30.4 Å². The Morgan fingerprint density at radius 2 is 2.06 bits per heavy atom. The fraction of sp³-hybridized carbons (Fsp3) is 0.308. The first kappa shape index (κ1) is 22.3. The van der Waals surface area contributed by atoms with Crippen LogP contribution in [0.4, 0.5) is 11.5 Å². The van der Waals surface area contributed by atoms with Gasteiger partial charge in [0.2, 0.25) is 0 Å². The zero-order valence-corrected chi connectivity index (χ0v) is 20.2. The van der Waals surface area contributed by atoms with Gasteiger partial charge in [0.1, 0.15) is 22.7 Å². The SMILES string of the molecule is COc1ccc2cc(C(=N)CC=N)cc(NC3CCN(c4ncnc5scc(C)c45)CC3)c2c1. The molecule has 1 aliphatic rings. The molecule has 174 valence electrons. The van der Waals surface area contributed by atoms with E-state index in [0.29, 0.717) is 18.2 Å². The predicted molar refractivity (Wildman–Crippen MR) is 142 cm³/mol. The maximum Gasteiger partial charge on any atom is 0.141 e. The molecule has 3 N–H and O–H groups in total. The second kappa shape index (κ2) is 9.38. The van der Waals surface area contributed by atoms with E-state index in [4.69, 9.17) is 15.6 Å². The number of rotatable bonds is 7. The van der Waals surface area contributed by atoms with E-state index in [2.05, 4.69) is 32.5 Å². The summed E-state index contributed by atoms with van der Waals surface area (Å²) >= 11 is 1.67. The van der Waals surface area contributed by atoms with Gasteiger partial charge < -0.3 is 25.8 Å². The maximum atomic E-state index is 8.37. The minimum Gasteiger partial charge on any atom is -0.497 e. The summed E-state index contributed by atoms with van der Waals surface area (Å²) in [6, 6.07) is 10.4. The molecule has 0 aliphatic carbocycles. The number of piperidine rings is 1. The van der Waals surface area contributed by atoms with Crippen LogP contribution in [0.3, 0.4) is 0 Å². The number of benzene rings is 2. The Balaban J connectivity index is 1.39. The van der Waals surface area contributed by atoms with Crippen LogP contribution in [0.1, 0.15) is 30.4 Å². The van der Waals surface area contributed by atoms with Crippen LogP contribution in [0.5, 0.6) is 5.75 Å². The smallest absolute Gasteiger partial charge is 0.141 e. The second-order valence-corrected chi connectivity index (χ2v) is 9.56. The van der Waals surface area contributed by atoms with Crippen LogP contribution in [0.25, 0.3) is 21.0 Å². The number of nitrogens with one attached hydrogen (secondary N) is 3. The summed E-state index contributed by atoms with van der Waals surface area (Å²) in [4.78, 5) is 12.5. The third kappa shape index (κ3) is 4.21. The van der Waals surface area contributed by atoms with E-state index in [0.717, 1.165) is 64.4 Å². The molecule has 0 unspecified atom stereocenters. The van der Waals surface area contributed by atoms with Crippen molar-refractivity contribution in [3.05, 3.63) is 53.2 Å². The van der Waals surface area contributed by atoms with Crippen LogP contribution in [-0.2, 0) is 0 Å². The lowest BCUT2D eigenvalue weighted by Gasteiger charge is -2.34. The van der Waals surface area contributed by atoms with Crippen molar-refractivity contribution in [3.63, 3.8) is 0 Å². The van der Waals surface area contributed by atoms with Gasteiger partial charge in [-0.2, -0.15) is 0 Å². The van der Waals surface area contributed by atoms with Crippen LogP contribution >= 0.6 is 11.3 Å². The molecule has 0 bridgehead atoms. The van der Waals surface area contributed by atoms with E-state index in [-0.39, 0.29) is 0 Å². The first-order chi connectivity index (χ1) is 16.6. The highest BCUT2D eigenvalue weighted by atomic mass is 32.1. The van der Waals surface area contributed by atoms with Crippen LogP contribution in [0.15, 0.2) is 42.0 Å². The van der Waals surface area contributed by atoms with Crippen molar-refractivity contribution in [2.45, 2.75) is 32.2 Å². The average Bonchev–Trinajstić information content (AvgIpc) is 3.25. The van der Waals surface area contributed by atoms with Crippen LogP contribution in [-0.4, -0.2) is 48.1 Å². The molecule has 1 fully saturated rings. The van der Waals surface area contributed by atoms with Crippen molar-refractivity contribution in [2.24, 2.45) is 0 Å². The van der Waals surface area contributed by atoms with E-state index in [1.54, 1.807) is 24.8 Å². The first-order valence-electron chi connectivity index (χ1n) is 11.5. The van der Waals surface area contributed by atoms with Gasteiger partial charge in [-0.15, -0.1) is 11.3 Å². The topological polar surface area (TPSA) is 98.0 Å². The van der Waals surface area contributed by atoms with Gasteiger partial charge in [-0.1, -0.05) is 6.07 Å². The van der Waals surface area contributed by atoms with Gasteiger partial charge in [0.25, 0.3) is 0 Å². The molecule has 0 atom stereocenters. The van der Waals surface area contributed by atoms with Crippen molar-refractivity contribution >= 4 is 55.8 Å². The number of anilines is 2. The number of aromatic nitrogens is 2. The van der Waals surface area contributed by atoms with Gasteiger partial charge in [0.15, 0.2) is 0 Å². The average molecular weight is 473 g/mol. The summed E-state index contributed by atoms with van der Waals surface area (Å²) in [5.74, 6) is 1.85. The number of fused-ring (bicyclic) bond motifs is 2. The largest absolute Gasteiger partial charge is 0.497 e. The summed E-state index contributed by atoms with van der Waals surface area (Å²) in [5.41, 5.74) is 3.54. The quantitative estimate of drug-likeness (QED) is 0.302. The molecule has 2 aromatic carbocycles. The van der Waals surface area contributed by atoms with Gasteiger partial charge in [0.05, 0.1) is 12.5 Å². The predicted octanol–water partition coefficient (Wildman–Crippen LogP) is 5.65. The van der Waals surface area contributed by atoms with Crippen LogP contribution in [0, 0.1) is 17.7 Å². The fourth-order valence-corrected chi connectivity index (χ4v) is 5.56. The number of nitrogens with zero attached hydrogens (tertiary/aromatic N) is 3. The minimum absolute atomic E-state index is 0.318. The van der Waals surface area contributed by atoms with Crippen molar-refractivity contribution < 1.29 is 4.74 Å².